The summed E-state index contributed by atoms with van der Waals surface area (Å²) >= 11 is -0.346. The van der Waals surface area contributed by atoms with Crippen molar-refractivity contribution in [3.05, 3.63) is 166 Å². The summed E-state index contributed by atoms with van der Waals surface area (Å²) in [5, 5.41) is 13.8. The Balaban J connectivity index is 0.00000127. The van der Waals surface area contributed by atoms with E-state index in [1.54, 1.807) is 20.5 Å². The standard InChI is InChI=1S/C68H84N4P2.C3H6NO.2ClH.Ru/c1-17-45-37-55(38-46(18-2)65(45)69(9)10)73(56-39-47(19-3)66(70(11)12)48(20-4)40-56)61-35-33-53-29-25-27-31-59(53)63(61)64-60-32-28-26-30-54(60)34-36-62(64)74(57-41-49(21-5)67(71(13)14)50(22-6)42-57)58-43-51(23-7)68(72(15)16)52(24-8)44-58;1-4(2)3-5;;;/h25-44H,17-24H2,1-16H3;1-2H3;2*1H;/q;-1;;;+2/p-2. The molecule has 0 atom stereocenters. The van der Waals surface area contributed by atoms with Gasteiger partial charge in [-0.3, -0.25) is 0 Å². The van der Waals surface area contributed by atoms with Gasteiger partial charge in [-0.25, -0.2) is 0 Å². The van der Waals surface area contributed by atoms with Crippen LogP contribution in [0.2, 0.25) is 0 Å². The van der Waals surface area contributed by atoms with Crippen LogP contribution in [0.25, 0.3) is 32.7 Å². The molecule has 0 saturated carbocycles. The number of amides is 1. The van der Waals surface area contributed by atoms with Gasteiger partial charge < -0.3 is 29.3 Å². The van der Waals surface area contributed by atoms with Gasteiger partial charge in [0.25, 0.3) is 0 Å². The Morgan fingerprint density at radius 2 is 0.573 bits per heavy atom. The SMILES string of the molecule is CCc1cc(P(c2cc(CC)c(N(C)C)c(CC)c2)c2ccc3ccccc3c2-c2c(P(c3cc(CC)c(N(C)C)c(CC)c3)c3cc(CC)c(N(C)C)c(CC)c3)ccc3ccccc23)cc(CC)c1N(C)C.CN(C)[C-]=O.[Cl][Ru][Cl]. The Bertz CT molecular complexity index is 3010. The normalized spacial score (nSPS) is 11.2. The van der Waals surface area contributed by atoms with Crippen LogP contribution in [0.4, 0.5) is 22.7 Å². The fourth-order valence-corrected chi connectivity index (χ4v) is 17.6. The van der Waals surface area contributed by atoms with Crippen molar-refractivity contribution in [2.24, 2.45) is 0 Å². The summed E-state index contributed by atoms with van der Waals surface area (Å²) in [5.74, 6) is 0. The van der Waals surface area contributed by atoms with Gasteiger partial charge in [-0.1, -0.05) is 128 Å². The van der Waals surface area contributed by atoms with Gasteiger partial charge in [-0.15, -0.1) is 0 Å². The molecule has 11 heteroatoms. The van der Waals surface area contributed by atoms with Crippen LogP contribution in [-0.4, -0.2) is 81.8 Å². The Hall–Kier alpha value is -4.99. The van der Waals surface area contributed by atoms with Crippen LogP contribution in [0.15, 0.2) is 121 Å². The molecule has 8 aromatic carbocycles. The van der Waals surface area contributed by atoms with Gasteiger partial charge in [0.1, 0.15) is 0 Å². The predicted octanol–water partition coefficient (Wildman–Crippen LogP) is 14.9. The summed E-state index contributed by atoms with van der Waals surface area (Å²) in [7, 11) is 28.5. The maximum atomic E-state index is 9.31. The van der Waals surface area contributed by atoms with Crippen molar-refractivity contribution in [3.63, 3.8) is 0 Å². The summed E-state index contributed by atoms with van der Waals surface area (Å²) < 4.78 is 0. The quantitative estimate of drug-likeness (QED) is 0.0329. The molecule has 0 N–H and O–H groups in total. The molecule has 0 aliphatic carbocycles. The first-order valence-corrected chi connectivity index (χ1v) is 36.4. The zero-order chi connectivity index (χ0) is 60.1. The monoisotopic (exact) mass is 1260 g/mol. The van der Waals surface area contributed by atoms with Gasteiger partial charge in [-0.05, 0) is 239 Å². The number of carbonyl (C=O) groups excluding carboxylic acids is 1. The molecule has 0 spiro atoms. The average Bonchev–Trinajstić information content (AvgIpc) is 3.00. The Kier molecular flexibility index (Phi) is 24.8. The van der Waals surface area contributed by atoms with E-state index in [1.165, 1.54) is 137 Å². The molecule has 0 unspecified atom stereocenters. The number of fused-ring (bicyclic) bond motifs is 2. The number of hydrogen-bond donors (Lipinski definition) is 0. The fraction of sp³-hybridized carbons (Fsp3) is 0.366. The third-order valence-corrected chi connectivity index (χ3v) is 20.4. The number of aryl methyl sites for hydroxylation is 8. The molecular weight excluding hydrogens is 1170 g/mol. The minimum atomic E-state index is -1.11. The van der Waals surface area contributed by atoms with E-state index in [2.05, 4.69) is 253 Å². The summed E-state index contributed by atoms with van der Waals surface area (Å²) in [6.45, 7) is 18.7. The second-order valence-corrected chi connectivity index (χ2v) is 28.9. The molecule has 8 aromatic rings. The molecule has 82 heavy (non-hydrogen) atoms. The molecule has 0 aliphatic heterocycles. The van der Waals surface area contributed by atoms with Crippen LogP contribution < -0.4 is 51.4 Å². The number of nitrogens with zero attached hydrogens (tertiary/aromatic N) is 5. The Labute approximate surface area is 512 Å². The first kappa shape index (κ1) is 66.2. The van der Waals surface area contributed by atoms with Crippen LogP contribution in [-0.2, 0) is 71.3 Å². The Morgan fingerprint density at radius 3 is 0.756 bits per heavy atom. The second kappa shape index (κ2) is 30.7. The third kappa shape index (κ3) is 14.4. The number of anilines is 4. The van der Waals surface area contributed by atoms with E-state index in [9.17, 15) is 4.79 Å². The van der Waals surface area contributed by atoms with Gasteiger partial charge >= 0.3 is 34.5 Å². The summed E-state index contributed by atoms with van der Waals surface area (Å²) in [6.07, 6.45) is 9.37. The van der Waals surface area contributed by atoms with E-state index in [-0.39, 0.29) is 15.1 Å². The Morgan fingerprint density at radius 1 is 0.366 bits per heavy atom. The minimum absolute atomic E-state index is 0.346. The molecule has 0 radical (unpaired) electrons. The van der Waals surface area contributed by atoms with Crippen LogP contribution >= 0.6 is 35.2 Å². The van der Waals surface area contributed by atoms with Gasteiger partial charge in [0.2, 0.25) is 0 Å². The second-order valence-electron chi connectivity index (χ2n) is 21.9. The van der Waals surface area contributed by atoms with E-state index in [1.807, 2.05) is 0 Å². The van der Waals surface area contributed by atoms with Gasteiger partial charge in [0, 0.05) is 79.1 Å². The van der Waals surface area contributed by atoms with Gasteiger partial charge in [0.15, 0.2) is 0 Å². The average molecular weight is 1260 g/mol. The molecule has 0 aliphatic rings. The van der Waals surface area contributed by atoms with Crippen molar-refractivity contribution < 1.29 is 19.9 Å². The van der Waals surface area contributed by atoms with Crippen molar-refractivity contribution in [1.29, 1.82) is 0 Å². The predicted molar refractivity (Wildman–Crippen MR) is 368 cm³/mol. The van der Waals surface area contributed by atoms with Crippen LogP contribution in [0.3, 0.4) is 0 Å². The molecule has 8 rings (SSSR count). The van der Waals surface area contributed by atoms with Gasteiger partial charge in [0.05, 0.1) is 0 Å². The molecule has 438 valence electrons. The number of benzene rings is 8. The molecule has 0 heterocycles. The van der Waals surface area contributed by atoms with Crippen LogP contribution in [0, 0.1) is 0 Å². The van der Waals surface area contributed by atoms with E-state index >= 15 is 0 Å². The van der Waals surface area contributed by atoms with Crippen molar-refractivity contribution in [2.75, 3.05) is 90.1 Å². The third-order valence-electron chi connectivity index (χ3n) is 15.6. The molecule has 0 fully saturated rings. The molecule has 0 aromatic heterocycles. The molecule has 0 bridgehead atoms. The zero-order valence-corrected chi connectivity index (χ0v) is 57.4. The molecular formula is C71H90Cl2N5OP2Ru-. The molecule has 6 nitrogen and oxygen atoms in total. The first-order valence-electron chi connectivity index (χ1n) is 29.2. The number of rotatable bonds is 20. The zero-order valence-electron chi connectivity index (χ0n) is 52.4. The van der Waals surface area contributed by atoms with Crippen molar-refractivity contribution in [1.82, 2.24) is 4.90 Å². The summed E-state index contributed by atoms with van der Waals surface area (Å²) in [6, 6.07) is 49.3. The van der Waals surface area contributed by atoms with E-state index in [4.69, 9.17) is 19.4 Å². The number of halogens is 2. The fourth-order valence-electron chi connectivity index (χ4n) is 12.2. The molecule has 1 amide bonds. The van der Waals surface area contributed by atoms with E-state index in [0.717, 1.165) is 51.4 Å². The number of hydrogen-bond acceptors (Lipinski definition) is 5. The van der Waals surface area contributed by atoms with E-state index < -0.39 is 15.8 Å². The topological polar surface area (TPSA) is 33.3 Å². The van der Waals surface area contributed by atoms with Crippen molar-refractivity contribution >= 4 is 118 Å². The van der Waals surface area contributed by atoms with Gasteiger partial charge in [-0.2, -0.15) is 6.41 Å². The van der Waals surface area contributed by atoms with Crippen LogP contribution in [0.1, 0.15) is 99.9 Å². The summed E-state index contributed by atoms with van der Waals surface area (Å²) in [5.41, 5.74) is 19.6. The first-order chi connectivity index (χ1) is 39.4. The van der Waals surface area contributed by atoms with E-state index in [0.29, 0.717) is 0 Å². The maximum absolute atomic E-state index is 9.31. The molecule has 0 saturated heterocycles. The van der Waals surface area contributed by atoms with Crippen molar-refractivity contribution in [3.8, 4) is 11.1 Å². The van der Waals surface area contributed by atoms with Crippen LogP contribution in [0.5, 0.6) is 0 Å². The van der Waals surface area contributed by atoms with Crippen molar-refractivity contribution in [2.45, 2.75) is 107 Å². The summed E-state index contributed by atoms with van der Waals surface area (Å²) in [4.78, 5) is 20.0.